The summed E-state index contributed by atoms with van der Waals surface area (Å²) >= 11 is 0. The molecule has 1 aliphatic rings. The molecule has 0 bridgehead atoms. The summed E-state index contributed by atoms with van der Waals surface area (Å²) in [5.74, 6) is -2.85. The lowest BCUT2D eigenvalue weighted by atomic mass is 9.93. The number of hydrogen-bond donors (Lipinski definition) is 2. The molecule has 0 aliphatic carbocycles. The Labute approximate surface area is 220 Å². The van der Waals surface area contributed by atoms with E-state index in [1.54, 1.807) is 24.3 Å². The summed E-state index contributed by atoms with van der Waals surface area (Å²) in [6.45, 7) is 0.135. The second-order valence-corrected chi connectivity index (χ2v) is 8.91. The maximum Gasteiger partial charge on any atom is 0.411 e. The number of carbonyl (C=O) groups excluding carboxylic acids is 3. The first-order valence-electron chi connectivity index (χ1n) is 12.2. The van der Waals surface area contributed by atoms with Crippen LogP contribution in [0.4, 0.5) is 4.79 Å². The van der Waals surface area contributed by atoms with E-state index in [0.29, 0.717) is 0 Å². The van der Waals surface area contributed by atoms with Gasteiger partial charge in [0.1, 0.15) is 25.3 Å². The van der Waals surface area contributed by atoms with Gasteiger partial charge in [-0.2, -0.15) is 0 Å². The fourth-order valence-electron chi connectivity index (χ4n) is 4.18. The van der Waals surface area contributed by atoms with Crippen LogP contribution < -0.4 is 5.32 Å². The number of carboxylic acid groups (broad SMARTS) is 1. The summed E-state index contributed by atoms with van der Waals surface area (Å²) in [5, 5.41) is 12.1. The fourth-order valence-corrected chi connectivity index (χ4v) is 4.18. The van der Waals surface area contributed by atoms with E-state index in [1.807, 2.05) is 60.7 Å². The molecule has 196 valence electrons. The first-order valence-corrected chi connectivity index (χ1v) is 12.2. The van der Waals surface area contributed by atoms with Crippen LogP contribution in [0.15, 0.2) is 84.9 Å². The Kier molecular flexibility index (Phi) is 8.71. The third-order valence-corrected chi connectivity index (χ3v) is 6.22. The number of nitrogens with zero attached hydrogens (tertiary/aromatic N) is 1. The summed E-state index contributed by atoms with van der Waals surface area (Å²) in [7, 11) is 0. The molecule has 0 fully saturated rings. The quantitative estimate of drug-likeness (QED) is 0.418. The zero-order valence-corrected chi connectivity index (χ0v) is 20.6. The maximum absolute atomic E-state index is 13.3. The predicted molar refractivity (Wildman–Crippen MR) is 137 cm³/mol. The molecule has 0 saturated carbocycles. The summed E-state index contributed by atoms with van der Waals surface area (Å²) < 4.78 is 10.6. The van der Waals surface area contributed by atoms with Crippen LogP contribution >= 0.6 is 0 Å². The number of hydrogen-bond acceptors (Lipinski definition) is 6. The lowest BCUT2D eigenvalue weighted by Gasteiger charge is -2.35. The molecule has 2 amide bonds. The van der Waals surface area contributed by atoms with Crippen molar-refractivity contribution in [2.45, 2.75) is 44.7 Å². The van der Waals surface area contributed by atoms with Crippen LogP contribution in [0.5, 0.6) is 0 Å². The van der Waals surface area contributed by atoms with Crippen LogP contribution in [0.2, 0.25) is 0 Å². The van der Waals surface area contributed by atoms with Crippen LogP contribution in [-0.4, -0.2) is 46.0 Å². The molecule has 38 heavy (non-hydrogen) atoms. The summed E-state index contributed by atoms with van der Waals surface area (Å²) in [5.41, 5.74) is 3.28. The van der Waals surface area contributed by atoms with Crippen molar-refractivity contribution in [3.63, 3.8) is 0 Å². The van der Waals surface area contributed by atoms with E-state index >= 15 is 0 Å². The minimum Gasteiger partial charge on any atom is -0.480 e. The number of amides is 2. The van der Waals surface area contributed by atoms with E-state index in [2.05, 4.69) is 5.32 Å². The van der Waals surface area contributed by atoms with Gasteiger partial charge in [-0.15, -0.1) is 0 Å². The molecule has 0 unspecified atom stereocenters. The van der Waals surface area contributed by atoms with Gasteiger partial charge in [-0.1, -0.05) is 84.9 Å². The number of nitrogens with one attached hydrogen (secondary N) is 1. The second kappa shape index (κ2) is 12.5. The number of fused-ring (bicyclic) bond motifs is 1. The summed E-state index contributed by atoms with van der Waals surface area (Å²) in [6.07, 6.45) is -1.08. The molecular weight excluding hydrogens is 488 g/mol. The lowest BCUT2D eigenvalue weighted by Crippen LogP contribution is -2.55. The van der Waals surface area contributed by atoms with Gasteiger partial charge >= 0.3 is 18.0 Å². The molecule has 4 rings (SSSR count). The average molecular weight is 517 g/mol. The molecule has 3 aromatic rings. The van der Waals surface area contributed by atoms with Crippen LogP contribution in [0.3, 0.4) is 0 Å². The number of aliphatic carboxylic acids is 1. The number of carbonyl (C=O) groups is 4. The van der Waals surface area contributed by atoms with Crippen molar-refractivity contribution in [1.82, 2.24) is 10.2 Å². The smallest absolute Gasteiger partial charge is 0.411 e. The number of ether oxygens (including phenoxy) is 2. The third kappa shape index (κ3) is 6.97. The highest BCUT2D eigenvalue weighted by atomic mass is 16.6. The Morgan fingerprint density at radius 1 is 0.816 bits per heavy atom. The largest absolute Gasteiger partial charge is 0.480 e. The van der Waals surface area contributed by atoms with Gasteiger partial charge in [-0.05, 0) is 22.3 Å². The zero-order chi connectivity index (χ0) is 26.9. The molecule has 9 heteroatoms. The highest BCUT2D eigenvalue weighted by molar-refractivity contribution is 5.91. The molecule has 1 heterocycles. The molecule has 0 saturated heterocycles. The van der Waals surface area contributed by atoms with Gasteiger partial charge in [0.05, 0.1) is 13.0 Å². The van der Waals surface area contributed by atoms with Crippen molar-refractivity contribution in [2.75, 3.05) is 0 Å². The minimum absolute atomic E-state index is 0.0135. The van der Waals surface area contributed by atoms with Crippen LogP contribution in [0.1, 0.15) is 28.7 Å². The minimum atomic E-state index is -1.52. The number of benzene rings is 3. The van der Waals surface area contributed by atoms with Crippen molar-refractivity contribution in [1.29, 1.82) is 0 Å². The second-order valence-electron chi connectivity index (χ2n) is 8.91. The highest BCUT2D eigenvalue weighted by Gasteiger charge is 2.37. The Bertz CT molecular complexity index is 1280. The molecule has 0 aromatic heterocycles. The zero-order valence-electron chi connectivity index (χ0n) is 20.6. The topological polar surface area (TPSA) is 122 Å². The Hall–Kier alpha value is -4.66. The van der Waals surface area contributed by atoms with Crippen molar-refractivity contribution < 1.29 is 33.8 Å². The molecule has 2 atom stereocenters. The normalized spacial score (nSPS) is 15.1. The van der Waals surface area contributed by atoms with Crippen molar-refractivity contribution in [3.8, 4) is 0 Å². The average Bonchev–Trinajstić information content (AvgIpc) is 2.94. The molecule has 0 radical (unpaired) electrons. The number of carboxylic acids is 1. The van der Waals surface area contributed by atoms with E-state index < -0.39 is 42.4 Å². The van der Waals surface area contributed by atoms with Crippen molar-refractivity contribution >= 4 is 23.9 Å². The van der Waals surface area contributed by atoms with Crippen LogP contribution in [0, 0.1) is 0 Å². The van der Waals surface area contributed by atoms with Crippen LogP contribution in [0.25, 0.3) is 0 Å². The molecule has 9 nitrogen and oxygen atoms in total. The Morgan fingerprint density at radius 2 is 1.37 bits per heavy atom. The predicted octanol–water partition coefficient (Wildman–Crippen LogP) is 3.45. The third-order valence-electron chi connectivity index (χ3n) is 6.22. The number of esters is 1. The first-order chi connectivity index (χ1) is 18.4. The van der Waals surface area contributed by atoms with E-state index in [1.165, 1.54) is 4.90 Å². The van der Waals surface area contributed by atoms with Gasteiger partial charge in [-0.3, -0.25) is 14.5 Å². The number of rotatable bonds is 9. The van der Waals surface area contributed by atoms with E-state index in [9.17, 15) is 24.3 Å². The van der Waals surface area contributed by atoms with Crippen LogP contribution in [-0.2, 0) is 50.0 Å². The summed E-state index contributed by atoms with van der Waals surface area (Å²) in [4.78, 5) is 51.8. The summed E-state index contributed by atoms with van der Waals surface area (Å²) in [6, 6.07) is 23.0. The monoisotopic (exact) mass is 516 g/mol. The van der Waals surface area contributed by atoms with Crippen molar-refractivity contribution in [2.24, 2.45) is 0 Å². The van der Waals surface area contributed by atoms with Gasteiger partial charge in [0, 0.05) is 6.42 Å². The van der Waals surface area contributed by atoms with Gasteiger partial charge < -0.3 is 19.9 Å². The molecular formula is C29H28N2O7. The fraction of sp³-hybridized carbons (Fsp3) is 0.241. The molecule has 3 aromatic carbocycles. The van der Waals surface area contributed by atoms with E-state index in [-0.39, 0.29) is 26.2 Å². The first kappa shape index (κ1) is 26.4. The maximum atomic E-state index is 13.3. The highest BCUT2D eigenvalue weighted by Crippen LogP contribution is 2.25. The lowest BCUT2D eigenvalue weighted by molar-refractivity contribution is -0.151. The van der Waals surface area contributed by atoms with Gasteiger partial charge in [0.15, 0.2) is 0 Å². The molecule has 0 spiro atoms. The van der Waals surface area contributed by atoms with Gasteiger partial charge in [0.2, 0.25) is 5.91 Å². The Balaban J connectivity index is 1.43. The van der Waals surface area contributed by atoms with Gasteiger partial charge in [0.25, 0.3) is 0 Å². The van der Waals surface area contributed by atoms with E-state index in [4.69, 9.17) is 9.47 Å². The van der Waals surface area contributed by atoms with E-state index in [0.717, 1.165) is 22.3 Å². The van der Waals surface area contributed by atoms with Crippen molar-refractivity contribution in [3.05, 3.63) is 107 Å². The SMILES string of the molecule is O=C(C[C@H](NC(=O)[C@@H]1Cc2ccccc2CN1C(=O)OCc1ccccc1)C(=O)O)OCc1ccccc1. The Morgan fingerprint density at radius 3 is 1.97 bits per heavy atom. The standard InChI is InChI=1S/C29H28N2O7/c32-26(37-18-20-9-3-1-4-10-20)16-24(28(34)35)30-27(33)25-15-22-13-7-8-14-23(22)17-31(25)29(36)38-19-21-11-5-2-6-12-21/h1-14,24-25H,15-19H2,(H,30,33)(H,34,35)/t24-,25-/m0/s1. The van der Waals surface area contributed by atoms with Gasteiger partial charge in [-0.25, -0.2) is 9.59 Å². The molecule has 2 N–H and O–H groups in total. The molecule has 1 aliphatic heterocycles.